The Morgan fingerprint density at radius 2 is 1.27 bits per heavy atom. The van der Waals surface area contributed by atoms with Crippen molar-refractivity contribution < 1.29 is 9.59 Å². The van der Waals surface area contributed by atoms with Crippen LogP contribution in [-0.2, 0) is 4.79 Å². The summed E-state index contributed by atoms with van der Waals surface area (Å²) in [6.07, 6.45) is 5.40. The molecule has 1 aliphatic heterocycles. The van der Waals surface area contributed by atoms with Crippen LogP contribution in [0.15, 0.2) is 65.7 Å². The predicted octanol–water partition coefficient (Wildman–Crippen LogP) is 4.39. The van der Waals surface area contributed by atoms with E-state index in [1.54, 1.807) is 12.1 Å². The van der Waals surface area contributed by atoms with Crippen LogP contribution in [0.5, 0.6) is 0 Å². The van der Waals surface area contributed by atoms with Crippen LogP contribution in [0, 0.1) is 0 Å². The van der Waals surface area contributed by atoms with Gasteiger partial charge in [0.25, 0.3) is 0 Å². The highest BCUT2D eigenvalue weighted by Gasteiger charge is 2.44. The molecule has 0 aromatic heterocycles. The van der Waals surface area contributed by atoms with Crippen LogP contribution in [0.3, 0.4) is 0 Å². The fourth-order valence-electron chi connectivity index (χ4n) is 3.58. The molecule has 132 valence electrons. The molecule has 1 aliphatic carbocycles. The third-order valence-electron chi connectivity index (χ3n) is 4.90. The Morgan fingerprint density at radius 1 is 0.731 bits per heavy atom. The summed E-state index contributed by atoms with van der Waals surface area (Å²) in [4.78, 5) is 33.6. The molecule has 0 radical (unpaired) electrons. The Labute approximate surface area is 152 Å². The first-order valence-corrected chi connectivity index (χ1v) is 9.12. The zero-order valence-corrected chi connectivity index (χ0v) is 14.5. The van der Waals surface area contributed by atoms with Crippen LogP contribution in [0.4, 0.5) is 16.2 Å². The van der Waals surface area contributed by atoms with Crippen molar-refractivity contribution in [2.24, 2.45) is 4.99 Å². The minimum atomic E-state index is -0.373. The third-order valence-corrected chi connectivity index (χ3v) is 4.90. The Kier molecular flexibility index (Phi) is 4.52. The second kappa shape index (κ2) is 7.12. The molecular formula is C21H21N3O2. The standard InChI is InChI=1S/C21H21N3O2/c25-20-19(22-16-10-4-1-5-11-16)23(17-12-6-2-7-13-17)21(26)24(20)18-14-8-3-9-15-18/h2-3,6-9,12-16H,1,4-5,10-11H2. The lowest BCUT2D eigenvalue weighted by molar-refractivity contribution is -0.111. The molecule has 2 aromatic rings. The maximum absolute atomic E-state index is 13.1. The Hall–Kier alpha value is -2.95. The molecule has 4 rings (SSSR count). The largest absolute Gasteiger partial charge is 0.342 e. The zero-order valence-electron chi connectivity index (χ0n) is 14.5. The summed E-state index contributed by atoms with van der Waals surface area (Å²) in [5.74, 6) is -0.118. The van der Waals surface area contributed by atoms with E-state index in [0.29, 0.717) is 11.4 Å². The fraction of sp³-hybridized carbons (Fsp3) is 0.286. The number of imide groups is 1. The summed E-state index contributed by atoms with van der Waals surface area (Å²) in [5, 5.41) is 0. The molecule has 26 heavy (non-hydrogen) atoms. The normalized spacial score (nSPS) is 20.2. The van der Waals surface area contributed by atoms with Gasteiger partial charge < -0.3 is 0 Å². The average Bonchev–Trinajstić information content (AvgIpc) is 2.94. The van der Waals surface area contributed by atoms with Crippen molar-refractivity contribution in [3.8, 4) is 0 Å². The molecule has 2 aliphatic rings. The molecular weight excluding hydrogens is 326 g/mol. The van der Waals surface area contributed by atoms with E-state index in [2.05, 4.69) is 0 Å². The van der Waals surface area contributed by atoms with Crippen molar-refractivity contribution in [1.29, 1.82) is 0 Å². The van der Waals surface area contributed by atoms with Crippen molar-refractivity contribution in [2.45, 2.75) is 38.1 Å². The molecule has 5 nitrogen and oxygen atoms in total. The van der Waals surface area contributed by atoms with Crippen LogP contribution in [0.2, 0.25) is 0 Å². The number of urea groups is 1. The molecule has 2 aromatic carbocycles. The summed E-state index contributed by atoms with van der Waals surface area (Å²) in [6, 6.07) is 18.0. The van der Waals surface area contributed by atoms with Gasteiger partial charge in [-0.2, -0.15) is 0 Å². The van der Waals surface area contributed by atoms with Crippen LogP contribution < -0.4 is 9.80 Å². The summed E-state index contributed by atoms with van der Waals surface area (Å²) >= 11 is 0. The van der Waals surface area contributed by atoms with E-state index in [1.165, 1.54) is 16.2 Å². The third kappa shape index (κ3) is 3.01. The average molecular weight is 347 g/mol. The van der Waals surface area contributed by atoms with E-state index in [-0.39, 0.29) is 23.8 Å². The summed E-state index contributed by atoms with van der Waals surface area (Å²) in [5.41, 5.74) is 1.23. The first-order valence-electron chi connectivity index (χ1n) is 9.12. The topological polar surface area (TPSA) is 53.0 Å². The SMILES string of the molecule is O=C1C(=NC2CCCCC2)N(c2ccccc2)C(=O)N1c1ccccc1. The number of carbonyl (C=O) groups is 2. The number of benzene rings is 2. The van der Waals surface area contributed by atoms with Crippen molar-refractivity contribution in [1.82, 2.24) is 0 Å². The number of hydrogen-bond donors (Lipinski definition) is 0. The van der Waals surface area contributed by atoms with Gasteiger partial charge in [0.05, 0.1) is 17.4 Å². The van der Waals surface area contributed by atoms with Gasteiger partial charge in [-0.25, -0.2) is 14.6 Å². The quantitative estimate of drug-likeness (QED) is 0.773. The van der Waals surface area contributed by atoms with E-state index in [9.17, 15) is 9.59 Å². The number of para-hydroxylation sites is 2. The Bertz CT molecular complexity index is 827. The molecule has 0 spiro atoms. The van der Waals surface area contributed by atoms with Gasteiger partial charge in [-0.05, 0) is 37.1 Å². The van der Waals surface area contributed by atoms with E-state index >= 15 is 0 Å². The monoisotopic (exact) mass is 347 g/mol. The minimum Gasteiger partial charge on any atom is -0.265 e. The molecule has 0 bridgehead atoms. The lowest BCUT2D eigenvalue weighted by Crippen LogP contribution is -2.33. The molecule has 1 heterocycles. The second-order valence-corrected chi connectivity index (χ2v) is 6.67. The predicted molar refractivity (Wildman–Crippen MR) is 103 cm³/mol. The minimum absolute atomic E-state index is 0.109. The first-order chi connectivity index (χ1) is 12.8. The van der Waals surface area contributed by atoms with Crippen LogP contribution in [0.1, 0.15) is 32.1 Å². The maximum atomic E-state index is 13.1. The Morgan fingerprint density at radius 3 is 1.85 bits per heavy atom. The summed E-state index contributed by atoms with van der Waals surface area (Å²) in [6.45, 7) is 0. The van der Waals surface area contributed by atoms with E-state index in [4.69, 9.17) is 4.99 Å². The van der Waals surface area contributed by atoms with Crippen LogP contribution >= 0.6 is 0 Å². The Balaban J connectivity index is 1.77. The summed E-state index contributed by atoms with van der Waals surface area (Å²) < 4.78 is 0. The first kappa shape index (κ1) is 16.5. The van der Waals surface area contributed by atoms with E-state index < -0.39 is 0 Å². The van der Waals surface area contributed by atoms with Gasteiger partial charge in [0.2, 0.25) is 5.84 Å². The highest BCUT2D eigenvalue weighted by atomic mass is 16.2. The summed E-state index contributed by atoms with van der Waals surface area (Å²) in [7, 11) is 0. The van der Waals surface area contributed by atoms with Gasteiger partial charge >= 0.3 is 11.9 Å². The number of amidine groups is 1. The second-order valence-electron chi connectivity index (χ2n) is 6.67. The highest BCUT2D eigenvalue weighted by molar-refractivity contribution is 6.61. The van der Waals surface area contributed by atoms with Crippen molar-refractivity contribution in [3.63, 3.8) is 0 Å². The fourth-order valence-corrected chi connectivity index (χ4v) is 3.58. The van der Waals surface area contributed by atoms with Crippen molar-refractivity contribution in [2.75, 3.05) is 9.80 Å². The number of rotatable bonds is 3. The molecule has 2 fully saturated rings. The van der Waals surface area contributed by atoms with E-state index in [1.807, 2.05) is 48.5 Å². The number of aliphatic imine (C=N–C) groups is 1. The molecule has 3 amide bonds. The zero-order chi connectivity index (χ0) is 17.9. The van der Waals surface area contributed by atoms with Gasteiger partial charge in [-0.3, -0.25) is 9.79 Å². The lowest BCUT2D eigenvalue weighted by Gasteiger charge is -2.20. The van der Waals surface area contributed by atoms with Gasteiger partial charge in [-0.1, -0.05) is 55.7 Å². The van der Waals surface area contributed by atoms with Gasteiger partial charge in [0.15, 0.2) is 0 Å². The molecule has 0 unspecified atom stereocenters. The molecule has 1 saturated carbocycles. The smallest absolute Gasteiger partial charge is 0.265 e. The van der Waals surface area contributed by atoms with E-state index in [0.717, 1.165) is 25.7 Å². The molecule has 5 heteroatoms. The number of amides is 3. The molecule has 1 saturated heterocycles. The van der Waals surface area contributed by atoms with Crippen molar-refractivity contribution in [3.05, 3.63) is 60.7 Å². The number of anilines is 2. The van der Waals surface area contributed by atoms with Gasteiger partial charge in [0, 0.05) is 0 Å². The lowest BCUT2D eigenvalue weighted by atomic mass is 9.96. The highest BCUT2D eigenvalue weighted by Crippen LogP contribution is 2.29. The van der Waals surface area contributed by atoms with Crippen LogP contribution in [0.25, 0.3) is 0 Å². The maximum Gasteiger partial charge on any atom is 0.342 e. The number of nitrogens with zero attached hydrogens (tertiary/aromatic N) is 3. The van der Waals surface area contributed by atoms with Gasteiger partial charge in [-0.15, -0.1) is 0 Å². The van der Waals surface area contributed by atoms with Crippen molar-refractivity contribution >= 4 is 29.1 Å². The van der Waals surface area contributed by atoms with Gasteiger partial charge in [0.1, 0.15) is 0 Å². The molecule has 0 atom stereocenters. The number of carbonyl (C=O) groups excluding carboxylic acids is 2. The molecule has 0 N–H and O–H groups in total. The number of hydrogen-bond acceptors (Lipinski definition) is 3. The van der Waals surface area contributed by atoms with Crippen LogP contribution in [-0.4, -0.2) is 23.8 Å².